The molecule has 0 spiro atoms. The van der Waals surface area contributed by atoms with Crippen LogP contribution in [0.3, 0.4) is 0 Å². The lowest BCUT2D eigenvalue weighted by atomic mass is 10.3. The van der Waals surface area contributed by atoms with E-state index in [4.69, 9.17) is 0 Å². The van der Waals surface area contributed by atoms with Crippen LogP contribution in [-0.2, 0) is 4.79 Å². The number of hydrogen-bond acceptors (Lipinski definition) is 3. The van der Waals surface area contributed by atoms with Crippen LogP contribution in [0, 0.1) is 0 Å². The summed E-state index contributed by atoms with van der Waals surface area (Å²) in [6.07, 6.45) is 1.80. The first-order valence-corrected chi connectivity index (χ1v) is 4.73. The molecule has 67 valence electrons. The van der Waals surface area contributed by atoms with Crippen molar-refractivity contribution in [1.29, 1.82) is 0 Å². The van der Waals surface area contributed by atoms with E-state index in [1.165, 1.54) is 6.47 Å². The zero-order chi connectivity index (χ0) is 9.52. The lowest BCUT2D eigenvalue weighted by molar-refractivity contribution is 0.437. The van der Waals surface area contributed by atoms with Gasteiger partial charge in [0.1, 0.15) is 5.75 Å². The van der Waals surface area contributed by atoms with Crippen LogP contribution in [0.5, 0.6) is 5.75 Å². The first-order chi connectivity index (χ1) is 6.38. The number of thioether (sulfide) groups is 1. The van der Waals surface area contributed by atoms with E-state index >= 15 is 0 Å². The molecule has 13 heavy (non-hydrogen) atoms. The molecule has 0 unspecified atom stereocenters. The third-order valence-corrected chi connectivity index (χ3v) is 2.41. The summed E-state index contributed by atoms with van der Waals surface area (Å²) >= 11 is 1.57. The van der Waals surface area contributed by atoms with Crippen molar-refractivity contribution in [3.63, 3.8) is 0 Å². The summed E-state index contributed by atoms with van der Waals surface area (Å²) in [6, 6.07) is 7.32. The van der Waals surface area contributed by atoms with Crippen molar-refractivity contribution < 1.29 is 9.53 Å². The molecule has 0 bridgehead atoms. The molecule has 0 aliphatic rings. The van der Waals surface area contributed by atoms with E-state index < -0.39 is 0 Å². The fourth-order valence-corrected chi connectivity index (χ4v) is 1.57. The Morgan fingerprint density at radius 3 is 3.00 bits per heavy atom. The fourth-order valence-electron chi connectivity index (χ4n) is 0.847. The number of hydrogen-bond donors (Lipinski definition) is 0. The van der Waals surface area contributed by atoms with Gasteiger partial charge in [-0.15, -0.1) is 18.3 Å². The Hall–Kier alpha value is -1.22. The minimum atomic E-state index is 0.546. The van der Waals surface area contributed by atoms with E-state index in [1.54, 1.807) is 23.9 Å². The molecule has 3 heteroatoms. The number of benzene rings is 1. The molecule has 0 atom stereocenters. The van der Waals surface area contributed by atoms with Gasteiger partial charge < -0.3 is 4.74 Å². The summed E-state index contributed by atoms with van der Waals surface area (Å²) in [7, 11) is 0. The standard InChI is InChI=1S/C10H9O2S/c1-2-7-13-10-6-4-3-5-9(10)12-8-11/h2-6H,1,7H2. The summed E-state index contributed by atoms with van der Waals surface area (Å²) in [5.74, 6) is 1.34. The van der Waals surface area contributed by atoms with Crippen molar-refractivity contribution in [3.8, 4) is 5.75 Å². The van der Waals surface area contributed by atoms with Crippen molar-refractivity contribution in [1.82, 2.24) is 0 Å². The summed E-state index contributed by atoms with van der Waals surface area (Å²) < 4.78 is 4.67. The van der Waals surface area contributed by atoms with Crippen molar-refractivity contribution in [2.45, 2.75) is 4.90 Å². The smallest absolute Gasteiger partial charge is 0.417 e. The highest BCUT2D eigenvalue weighted by atomic mass is 32.2. The minimum Gasteiger partial charge on any atom is -0.417 e. The normalized spacial score (nSPS) is 9.23. The van der Waals surface area contributed by atoms with E-state index in [0.717, 1.165) is 10.6 Å². The van der Waals surface area contributed by atoms with Gasteiger partial charge in [0.2, 0.25) is 0 Å². The molecule has 0 heterocycles. The molecular weight excluding hydrogens is 184 g/mol. The van der Waals surface area contributed by atoms with E-state index in [2.05, 4.69) is 11.3 Å². The zero-order valence-corrected chi connectivity index (χ0v) is 7.84. The predicted molar refractivity (Wildman–Crippen MR) is 53.7 cm³/mol. The quantitative estimate of drug-likeness (QED) is 0.530. The molecule has 0 N–H and O–H groups in total. The maximum Gasteiger partial charge on any atom is 0.423 e. The monoisotopic (exact) mass is 193 g/mol. The van der Waals surface area contributed by atoms with Gasteiger partial charge >= 0.3 is 6.47 Å². The SMILES string of the molecule is C=CCSc1ccccc1O[C]=O. The van der Waals surface area contributed by atoms with Crippen molar-refractivity contribution in [2.75, 3.05) is 5.75 Å². The second kappa shape index (κ2) is 5.43. The molecule has 0 saturated heterocycles. The van der Waals surface area contributed by atoms with Gasteiger partial charge in [-0.2, -0.15) is 0 Å². The highest BCUT2D eigenvalue weighted by Gasteiger charge is 2.01. The molecule has 0 fully saturated rings. The summed E-state index contributed by atoms with van der Waals surface area (Å²) in [4.78, 5) is 10.9. The predicted octanol–water partition coefficient (Wildman–Crippen LogP) is 2.41. The molecular formula is C10H9O2S. The van der Waals surface area contributed by atoms with E-state index in [0.29, 0.717) is 5.75 Å². The van der Waals surface area contributed by atoms with Crippen LogP contribution >= 0.6 is 11.8 Å². The first kappa shape index (κ1) is 9.86. The third-order valence-electron chi connectivity index (χ3n) is 1.36. The largest absolute Gasteiger partial charge is 0.423 e. The van der Waals surface area contributed by atoms with Crippen LogP contribution in [0.1, 0.15) is 0 Å². The van der Waals surface area contributed by atoms with Crippen LogP contribution in [0.15, 0.2) is 41.8 Å². The minimum absolute atomic E-state index is 0.546. The maximum absolute atomic E-state index is 10.0. The zero-order valence-electron chi connectivity index (χ0n) is 7.03. The van der Waals surface area contributed by atoms with Gasteiger partial charge in [0.05, 0.1) is 4.90 Å². The Balaban J connectivity index is 2.77. The highest BCUT2D eigenvalue weighted by Crippen LogP contribution is 2.28. The molecule has 0 aliphatic carbocycles. The van der Waals surface area contributed by atoms with Crippen LogP contribution in [0.4, 0.5) is 0 Å². The van der Waals surface area contributed by atoms with Gasteiger partial charge in [-0.05, 0) is 12.1 Å². The molecule has 0 aromatic heterocycles. The van der Waals surface area contributed by atoms with Crippen LogP contribution in [-0.4, -0.2) is 12.2 Å². The lowest BCUT2D eigenvalue weighted by Crippen LogP contribution is -1.90. The van der Waals surface area contributed by atoms with Gasteiger partial charge in [-0.3, -0.25) is 0 Å². The third kappa shape index (κ3) is 2.95. The van der Waals surface area contributed by atoms with Crippen molar-refractivity contribution in [3.05, 3.63) is 36.9 Å². The molecule has 1 rings (SSSR count). The van der Waals surface area contributed by atoms with Gasteiger partial charge in [-0.25, -0.2) is 4.79 Å². The number of para-hydroxylation sites is 1. The highest BCUT2D eigenvalue weighted by molar-refractivity contribution is 7.99. The Labute approximate surface area is 81.6 Å². The molecule has 1 radical (unpaired) electrons. The average Bonchev–Trinajstić information content (AvgIpc) is 2.17. The van der Waals surface area contributed by atoms with Gasteiger partial charge in [0.15, 0.2) is 0 Å². The Morgan fingerprint density at radius 2 is 2.31 bits per heavy atom. The Bertz CT molecular complexity index is 297. The summed E-state index contributed by atoms with van der Waals surface area (Å²) in [6.45, 7) is 5.02. The molecule has 0 amide bonds. The van der Waals surface area contributed by atoms with E-state index in [1.807, 2.05) is 18.2 Å². The second-order valence-corrected chi connectivity index (χ2v) is 3.29. The second-order valence-electron chi connectivity index (χ2n) is 2.23. The van der Waals surface area contributed by atoms with Crippen LogP contribution < -0.4 is 4.74 Å². The number of ether oxygens (including phenoxy) is 1. The molecule has 0 aliphatic heterocycles. The van der Waals surface area contributed by atoms with Gasteiger partial charge in [-0.1, -0.05) is 18.2 Å². The first-order valence-electron chi connectivity index (χ1n) is 3.75. The van der Waals surface area contributed by atoms with Crippen molar-refractivity contribution in [2.24, 2.45) is 0 Å². The average molecular weight is 193 g/mol. The van der Waals surface area contributed by atoms with E-state index in [-0.39, 0.29) is 0 Å². The lowest BCUT2D eigenvalue weighted by Gasteiger charge is -2.03. The van der Waals surface area contributed by atoms with Gasteiger partial charge in [0.25, 0.3) is 0 Å². The number of rotatable bonds is 5. The van der Waals surface area contributed by atoms with E-state index in [9.17, 15) is 4.79 Å². The number of carbonyl (C=O) groups excluding carboxylic acids is 1. The Morgan fingerprint density at radius 1 is 1.54 bits per heavy atom. The fraction of sp³-hybridized carbons (Fsp3) is 0.100. The summed E-state index contributed by atoms with van der Waals surface area (Å²) in [5, 5.41) is 0. The summed E-state index contributed by atoms with van der Waals surface area (Å²) in [5.41, 5.74) is 0. The molecule has 1 aromatic carbocycles. The molecule has 2 nitrogen and oxygen atoms in total. The van der Waals surface area contributed by atoms with Crippen LogP contribution in [0.25, 0.3) is 0 Å². The topological polar surface area (TPSA) is 26.3 Å². The molecule has 0 saturated carbocycles. The maximum atomic E-state index is 10.0. The van der Waals surface area contributed by atoms with Crippen molar-refractivity contribution >= 4 is 18.2 Å². The molecule has 1 aromatic rings. The Kier molecular flexibility index (Phi) is 4.12. The van der Waals surface area contributed by atoms with Crippen LogP contribution in [0.2, 0.25) is 0 Å². The van der Waals surface area contributed by atoms with Gasteiger partial charge in [0, 0.05) is 5.75 Å².